The molecule has 8 rings (SSSR count). The van der Waals surface area contributed by atoms with Crippen LogP contribution < -0.4 is 11.1 Å². The molecule has 2 aromatic heterocycles. The van der Waals surface area contributed by atoms with Gasteiger partial charge >= 0.3 is 37.1 Å². The van der Waals surface area contributed by atoms with Gasteiger partial charge in [0, 0.05) is 22.5 Å². The molecule has 2 radical (unpaired) electrons. The molecule has 0 bridgehead atoms. The van der Waals surface area contributed by atoms with Gasteiger partial charge in [-0.15, -0.1) is 0 Å². The smallest absolute Gasteiger partial charge is 0.632 e. The SMILES string of the molecule is COC([NH-])=O.COC([NH-])=O.O=[C-]Pc1nc2c([nH]1)CCc1cc3c(cc1-2)CCc1cc2c4c(ccc2cc1-3)-c1nc(P[C-]=O)[nH]c1CC4.[V+2].[V+2]. The summed E-state index contributed by atoms with van der Waals surface area (Å²) in [6.45, 7) is 0. The predicted octanol–water partition coefficient (Wildman–Crippen LogP) is 5.93. The first-order valence-corrected chi connectivity index (χ1v) is 17.0. The van der Waals surface area contributed by atoms with Crippen LogP contribution in [0.3, 0.4) is 0 Å². The summed E-state index contributed by atoms with van der Waals surface area (Å²) < 4.78 is 7.56. The Hall–Kier alpha value is -3.75. The van der Waals surface area contributed by atoms with Crippen molar-refractivity contribution in [3.63, 3.8) is 0 Å². The molecule has 2 unspecified atom stereocenters. The van der Waals surface area contributed by atoms with E-state index < -0.39 is 12.2 Å². The van der Waals surface area contributed by atoms with Gasteiger partial charge in [-0.3, -0.25) is 9.59 Å². The van der Waals surface area contributed by atoms with Crippen LogP contribution in [0.5, 0.6) is 0 Å². The van der Waals surface area contributed by atoms with E-state index in [1.165, 1.54) is 55.3 Å². The van der Waals surface area contributed by atoms with Crippen molar-refractivity contribution in [3.05, 3.63) is 81.5 Å². The van der Waals surface area contributed by atoms with E-state index in [1.807, 2.05) is 12.1 Å². The van der Waals surface area contributed by atoms with Crippen molar-refractivity contribution in [2.75, 3.05) is 14.2 Å². The molecule has 2 amide bonds. The minimum Gasteiger partial charge on any atom is -0.632 e. The predicted molar refractivity (Wildman–Crippen MR) is 188 cm³/mol. The fourth-order valence-electron chi connectivity index (χ4n) is 6.62. The van der Waals surface area contributed by atoms with Gasteiger partial charge in [0.05, 0.1) is 36.7 Å². The molecule has 2 heterocycles. The number of carbonyl (C=O) groups is 2. The first-order chi connectivity index (χ1) is 23.2. The molecule has 2 atom stereocenters. The Labute approximate surface area is 315 Å². The standard InChI is InChI=1S/C30H22N4O2P2.2C2H5NO2.2V/c35-13-37-29-32-26-8-6-19-20(27(26)33-29)5-3-17-10-22-15(9-21(17)19)1-2-16-12-24-18(11-23(16)22)4-7-25-28(24)34-30(31-25)38-14-36;2*1-5-2(3)4;;/h3,5,9-12,37-38H,1-2,4,6-8H2,(H,31,34)(H,32,33);2*1H3,(H2,3,4);;/q-2;;;2*+2/p-2. The number of hydrogen-bond donors (Lipinski definition) is 2. The topological polar surface area (TPSA) is 192 Å². The fourth-order valence-corrected chi connectivity index (χ4v) is 7.58. The molecular weight excluding hydrogens is 752 g/mol. The Morgan fingerprint density at radius 1 is 0.680 bits per heavy atom. The van der Waals surface area contributed by atoms with Gasteiger partial charge in [-0.05, 0) is 94.8 Å². The van der Waals surface area contributed by atoms with Crippen molar-refractivity contribution in [1.29, 1.82) is 0 Å². The van der Waals surface area contributed by atoms with Crippen LogP contribution in [0.2, 0.25) is 0 Å². The Balaban J connectivity index is 0.000000416. The second-order valence-electron chi connectivity index (χ2n) is 11.3. The summed E-state index contributed by atoms with van der Waals surface area (Å²) in [7, 11) is 2.22. The number of nitrogens with one attached hydrogen (secondary N) is 4. The number of imidazole rings is 2. The van der Waals surface area contributed by atoms with Gasteiger partial charge in [0.2, 0.25) is 12.2 Å². The summed E-state index contributed by atoms with van der Waals surface area (Å²) in [6.07, 6.45) is 3.78. The average molecular weight is 782 g/mol. The van der Waals surface area contributed by atoms with Crippen molar-refractivity contribution >= 4 is 63.3 Å². The summed E-state index contributed by atoms with van der Waals surface area (Å²) >= 11 is 0. The van der Waals surface area contributed by atoms with Crippen molar-refractivity contribution in [3.8, 4) is 33.6 Å². The molecule has 0 spiro atoms. The van der Waals surface area contributed by atoms with E-state index in [0.29, 0.717) is 0 Å². The number of aromatic amines is 2. The summed E-state index contributed by atoms with van der Waals surface area (Å²) in [5.41, 5.74) is 28.2. The maximum Gasteiger partial charge on any atom is 2.00 e. The minimum absolute atomic E-state index is 0. The van der Waals surface area contributed by atoms with E-state index in [1.54, 1.807) is 0 Å². The third-order valence-electron chi connectivity index (χ3n) is 8.68. The number of amides is 2. The summed E-state index contributed by atoms with van der Waals surface area (Å²) in [6, 6.07) is 17.9. The van der Waals surface area contributed by atoms with E-state index in [4.69, 9.17) is 21.4 Å². The summed E-state index contributed by atoms with van der Waals surface area (Å²) in [5.74, 6) is 0. The fraction of sp³-hybridized carbons (Fsp3) is 0.235. The van der Waals surface area contributed by atoms with E-state index in [9.17, 15) is 19.2 Å². The number of methoxy groups -OCH3 is 2. The molecule has 0 saturated carbocycles. The number of H-pyrrole nitrogens is 2. The molecule has 0 fully saturated rings. The molecule has 3 aromatic carbocycles. The first kappa shape index (κ1) is 39.0. The first-order valence-electron chi connectivity index (χ1n) is 15.0. The number of fused-ring (bicyclic) bond motifs is 11. The van der Waals surface area contributed by atoms with Crippen LogP contribution in [0.15, 0.2) is 36.4 Å². The van der Waals surface area contributed by atoms with Crippen LogP contribution in [0.4, 0.5) is 9.59 Å². The van der Waals surface area contributed by atoms with Crippen LogP contribution >= 0.6 is 17.2 Å². The number of carbonyl (C=O) groups excluding carboxylic acids is 4. The molecule has 12 nitrogen and oxygen atoms in total. The zero-order valence-corrected chi connectivity index (χ0v) is 31.7. The second kappa shape index (κ2) is 17.0. The van der Waals surface area contributed by atoms with Crippen LogP contribution in [0.1, 0.15) is 33.6 Å². The molecular formula is C34H30N6O6P2V2. The molecule has 4 N–H and O–H groups in total. The number of nitrogens with zero attached hydrogens (tertiary/aromatic N) is 2. The van der Waals surface area contributed by atoms with Gasteiger partial charge in [0.1, 0.15) is 0 Å². The maximum absolute atomic E-state index is 10.9. The van der Waals surface area contributed by atoms with E-state index >= 15 is 0 Å². The van der Waals surface area contributed by atoms with Gasteiger partial charge in [-0.1, -0.05) is 24.3 Å². The largest absolute Gasteiger partial charge is 2.00 e. The van der Waals surface area contributed by atoms with Gasteiger partial charge < -0.3 is 40.5 Å². The van der Waals surface area contributed by atoms with Crippen molar-refractivity contribution in [1.82, 2.24) is 19.9 Å². The number of benzene rings is 3. The van der Waals surface area contributed by atoms with Gasteiger partial charge in [-0.25, -0.2) is 22.0 Å². The number of aryl methyl sites for hydroxylation is 6. The zero-order valence-electron chi connectivity index (χ0n) is 26.9. The minimum atomic E-state index is -0.995. The molecule has 16 heteroatoms. The van der Waals surface area contributed by atoms with Gasteiger partial charge in [-0.2, -0.15) is 17.2 Å². The quantitative estimate of drug-likeness (QED) is 0.166. The zero-order chi connectivity index (χ0) is 33.9. The van der Waals surface area contributed by atoms with Gasteiger partial charge in [0.25, 0.3) is 0 Å². The summed E-state index contributed by atoms with van der Waals surface area (Å²) in [4.78, 5) is 56.5. The van der Waals surface area contributed by atoms with Crippen LogP contribution in [0, 0.1) is 0 Å². The Morgan fingerprint density at radius 3 is 1.70 bits per heavy atom. The third kappa shape index (κ3) is 7.92. The Bertz CT molecular complexity index is 2090. The van der Waals surface area contributed by atoms with Crippen molar-refractivity contribution in [2.24, 2.45) is 0 Å². The normalized spacial score (nSPS) is 12.9. The number of hydrogen-bond acceptors (Lipinski definition) is 8. The Morgan fingerprint density at radius 2 is 1.14 bits per heavy atom. The summed E-state index contributed by atoms with van der Waals surface area (Å²) in [5, 5.41) is 2.59. The third-order valence-corrected chi connectivity index (χ3v) is 9.84. The number of ether oxygens (including phenoxy) is 2. The number of aromatic nitrogens is 4. The molecule has 0 aliphatic heterocycles. The van der Waals surface area contributed by atoms with Crippen LogP contribution in [0.25, 0.3) is 55.9 Å². The molecule has 50 heavy (non-hydrogen) atoms. The van der Waals surface area contributed by atoms with Crippen LogP contribution in [-0.2, 0) is 94.7 Å². The van der Waals surface area contributed by atoms with E-state index in [-0.39, 0.29) is 54.3 Å². The van der Waals surface area contributed by atoms with E-state index in [0.717, 1.165) is 86.7 Å². The maximum atomic E-state index is 10.9. The monoisotopic (exact) mass is 782 g/mol. The average Bonchev–Trinajstić information content (AvgIpc) is 3.71. The molecule has 3 aliphatic rings. The molecule has 3 aliphatic carbocycles. The van der Waals surface area contributed by atoms with Crippen molar-refractivity contribution in [2.45, 2.75) is 38.5 Å². The second-order valence-corrected chi connectivity index (χ2v) is 13.1. The molecule has 0 saturated heterocycles. The van der Waals surface area contributed by atoms with E-state index in [2.05, 4.69) is 55.8 Å². The van der Waals surface area contributed by atoms with Crippen molar-refractivity contribution < 1.29 is 65.8 Å². The van der Waals surface area contributed by atoms with Gasteiger partial charge in [0.15, 0.2) is 0 Å². The number of rotatable bonds is 4. The van der Waals surface area contributed by atoms with Crippen LogP contribution in [-0.4, -0.2) is 58.4 Å². The Kier molecular flexibility index (Phi) is 13.3. The molecule has 252 valence electrons. The molecule has 5 aromatic rings.